The van der Waals surface area contributed by atoms with Gasteiger partial charge in [-0.05, 0) is 51.1 Å². The van der Waals surface area contributed by atoms with E-state index >= 15 is 0 Å². The van der Waals surface area contributed by atoms with Crippen molar-refractivity contribution in [2.24, 2.45) is 0 Å². The highest BCUT2D eigenvalue weighted by molar-refractivity contribution is 6.34. The number of benzene rings is 2. The lowest BCUT2D eigenvalue weighted by Gasteiger charge is -2.19. The van der Waals surface area contributed by atoms with E-state index in [9.17, 15) is 19.7 Å². The molecule has 2 amide bonds. The van der Waals surface area contributed by atoms with Crippen LogP contribution in [0.3, 0.4) is 0 Å². The van der Waals surface area contributed by atoms with Crippen LogP contribution in [0.25, 0.3) is 0 Å². The molecule has 2 rings (SSSR count). The molecule has 0 spiro atoms. The fourth-order valence-electron chi connectivity index (χ4n) is 2.27. The van der Waals surface area contributed by atoms with Crippen molar-refractivity contribution in [3.8, 4) is 5.75 Å². The first-order valence-electron chi connectivity index (χ1n) is 9.00. The van der Waals surface area contributed by atoms with E-state index < -0.39 is 22.5 Å². The lowest BCUT2D eigenvalue weighted by atomic mass is 10.2. The molecule has 0 aromatic heterocycles. The third-order valence-corrected chi connectivity index (χ3v) is 3.89. The van der Waals surface area contributed by atoms with Crippen LogP contribution in [0.2, 0.25) is 5.02 Å². The molecular formula is C20H22ClN3O6. The van der Waals surface area contributed by atoms with Gasteiger partial charge in [0.15, 0.2) is 0 Å². The van der Waals surface area contributed by atoms with Gasteiger partial charge in [-0.1, -0.05) is 11.6 Å². The zero-order valence-corrected chi connectivity index (χ0v) is 17.5. The molecule has 0 aliphatic carbocycles. The van der Waals surface area contributed by atoms with Crippen LogP contribution in [0.4, 0.5) is 16.2 Å². The Kier molecular flexibility index (Phi) is 7.60. The molecule has 2 N–H and O–H groups in total. The summed E-state index contributed by atoms with van der Waals surface area (Å²) in [5.74, 6) is -0.0358. The average molecular weight is 436 g/mol. The van der Waals surface area contributed by atoms with Crippen molar-refractivity contribution in [1.82, 2.24) is 5.32 Å². The summed E-state index contributed by atoms with van der Waals surface area (Å²) in [6.07, 6.45) is -0.524. The van der Waals surface area contributed by atoms with Crippen molar-refractivity contribution >= 4 is 35.0 Å². The van der Waals surface area contributed by atoms with Gasteiger partial charge in [-0.3, -0.25) is 14.9 Å². The molecule has 30 heavy (non-hydrogen) atoms. The number of nitro benzene ring substituents is 1. The molecule has 160 valence electrons. The van der Waals surface area contributed by atoms with E-state index in [-0.39, 0.29) is 29.4 Å². The first-order chi connectivity index (χ1) is 14.0. The van der Waals surface area contributed by atoms with Crippen LogP contribution in [0.15, 0.2) is 42.5 Å². The third kappa shape index (κ3) is 7.25. The molecule has 9 nitrogen and oxygen atoms in total. The summed E-state index contributed by atoms with van der Waals surface area (Å²) in [6, 6.07) is 10.1. The molecular weight excluding hydrogens is 414 g/mol. The molecule has 2 aromatic rings. The van der Waals surface area contributed by atoms with E-state index in [1.165, 1.54) is 12.1 Å². The number of ether oxygens (including phenoxy) is 2. The summed E-state index contributed by atoms with van der Waals surface area (Å²) < 4.78 is 10.6. The van der Waals surface area contributed by atoms with Crippen molar-refractivity contribution in [1.29, 1.82) is 0 Å². The van der Waals surface area contributed by atoms with E-state index in [2.05, 4.69) is 10.6 Å². The summed E-state index contributed by atoms with van der Waals surface area (Å²) >= 11 is 5.97. The summed E-state index contributed by atoms with van der Waals surface area (Å²) in [5.41, 5.74) is -0.338. The first-order valence-corrected chi connectivity index (χ1v) is 9.38. The summed E-state index contributed by atoms with van der Waals surface area (Å²) in [6.45, 7) is 5.82. The predicted octanol–water partition coefficient (Wildman–Crippen LogP) is 4.40. The van der Waals surface area contributed by atoms with Crippen LogP contribution in [0.1, 0.15) is 31.1 Å². The van der Waals surface area contributed by atoms with Crippen molar-refractivity contribution in [2.45, 2.75) is 26.4 Å². The minimum absolute atomic E-state index is 0.000546. The van der Waals surface area contributed by atoms with Crippen LogP contribution in [-0.4, -0.2) is 35.7 Å². The maximum absolute atomic E-state index is 12.4. The van der Waals surface area contributed by atoms with Gasteiger partial charge >= 0.3 is 6.09 Å². The fraction of sp³-hybridized carbons (Fsp3) is 0.300. The SMILES string of the molecule is CC(C)(C)OC(=O)NCCOc1ccc(NC(=O)c2cc([N+](=O)[O-])ccc2Cl)cc1. The van der Waals surface area contributed by atoms with Gasteiger partial charge in [-0.25, -0.2) is 4.79 Å². The number of nitrogens with one attached hydrogen (secondary N) is 2. The van der Waals surface area contributed by atoms with Gasteiger partial charge in [-0.15, -0.1) is 0 Å². The Bertz CT molecular complexity index is 925. The Balaban J connectivity index is 1.86. The van der Waals surface area contributed by atoms with Gasteiger partial charge in [0, 0.05) is 17.8 Å². The second kappa shape index (κ2) is 9.93. The number of halogens is 1. The molecule has 0 saturated carbocycles. The number of alkyl carbamates (subject to hydrolysis) is 1. The van der Waals surface area contributed by atoms with Gasteiger partial charge in [-0.2, -0.15) is 0 Å². The summed E-state index contributed by atoms with van der Waals surface area (Å²) in [5, 5.41) is 16.2. The van der Waals surface area contributed by atoms with E-state index in [4.69, 9.17) is 21.1 Å². The molecule has 2 aromatic carbocycles. The maximum atomic E-state index is 12.4. The number of hydrogen-bond acceptors (Lipinski definition) is 6. The van der Waals surface area contributed by atoms with E-state index in [0.29, 0.717) is 11.4 Å². The number of rotatable bonds is 7. The van der Waals surface area contributed by atoms with Crippen molar-refractivity contribution in [3.05, 3.63) is 63.2 Å². The third-order valence-electron chi connectivity index (χ3n) is 3.56. The van der Waals surface area contributed by atoms with Crippen LogP contribution in [0.5, 0.6) is 5.75 Å². The number of carbonyl (C=O) groups is 2. The van der Waals surface area contributed by atoms with E-state index in [0.717, 1.165) is 6.07 Å². The Morgan fingerprint density at radius 1 is 1.13 bits per heavy atom. The van der Waals surface area contributed by atoms with Crippen LogP contribution < -0.4 is 15.4 Å². The Labute approximate surface area is 178 Å². The molecule has 10 heteroatoms. The van der Waals surface area contributed by atoms with E-state index in [1.807, 2.05) is 0 Å². The first kappa shape index (κ1) is 23.0. The molecule has 0 radical (unpaired) electrons. The molecule has 0 unspecified atom stereocenters. The molecule has 0 aliphatic heterocycles. The van der Waals surface area contributed by atoms with Crippen LogP contribution in [-0.2, 0) is 4.74 Å². The highest BCUT2D eigenvalue weighted by Crippen LogP contribution is 2.24. The molecule has 0 aliphatic rings. The van der Waals surface area contributed by atoms with Gasteiger partial charge in [0.25, 0.3) is 11.6 Å². The van der Waals surface area contributed by atoms with Crippen LogP contribution >= 0.6 is 11.6 Å². The lowest BCUT2D eigenvalue weighted by Crippen LogP contribution is -2.34. The van der Waals surface area contributed by atoms with Crippen molar-refractivity contribution < 1.29 is 24.0 Å². The minimum atomic E-state index is -0.600. The van der Waals surface area contributed by atoms with Gasteiger partial charge < -0.3 is 20.1 Å². The number of nitrogens with zero attached hydrogens (tertiary/aromatic N) is 1. The standard InChI is InChI=1S/C20H22ClN3O6/c1-20(2,3)30-19(26)22-10-11-29-15-7-4-13(5-8-15)23-18(25)16-12-14(24(27)28)6-9-17(16)21/h4-9,12H,10-11H2,1-3H3,(H,22,26)(H,23,25). The second-order valence-corrected chi connectivity index (χ2v) is 7.58. The predicted molar refractivity (Wildman–Crippen MR) is 112 cm³/mol. The fourth-order valence-corrected chi connectivity index (χ4v) is 2.47. The number of anilines is 1. The Morgan fingerprint density at radius 3 is 2.40 bits per heavy atom. The zero-order chi connectivity index (χ0) is 22.3. The molecule has 0 heterocycles. The molecule has 0 saturated heterocycles. The maximum Gasteiger partial charge on any atom is 0.407 e. The highest BCUT2D eigenvalue weighted by Gasteiger charge is 2.17. The monoisotopic (exact) mass is 435 g/mol. The summed E-state index contributed by atoms with van der Waals surface area (Å²) in [7, 11) is 0. The quantitative estimate of drug-likeness (QED) is 0.377. The van der Waals surface area contributed by atoms with Gasteiger partial charge in [0.2, 0.25) is 0 Å². The molecule has 0 fully saturated rings. The number of carbonyl (C=O) groups excluding carboxylic acids is 2. The highest BCUT2D eigenvalue weighted by atomic mass is 35.5. The normalized spacial score (nSPS) is 10.8. The Morgan fingerprint density at radius 2 is 1.80 bits per heavy atom. The zero-order valence-electron chi connectivity index (χ0n) is 16.7. The molecule has 0 atom stereocenters. The Hall–Kier alpha value is -3.33. The second-order valence-electron chi connectivity index (χ2n) is 7.18. The van der Waals surface area contributed by atoms with Gasteiger partial charge in [0.05, 0.1) is 22.1 Å². The number of nitro groups is 1. The molecule has 0 bridgehead atoms. The van der Waals surface area contributed by atoms with Gasteiger partial charge in [0.1, 0.15) is 18.0 Å². The largest absolute Gasteiger partial charge is 0.492 e. The van der Waals surface area contributed by atoms with Crippen molar-refractivity contribution in [2.75, 3.05) is 18.5 Å². The summed E-state index contributed by atoms with van der Waals surface area (Å²) in [4.78, 5) is 34.2. The number of amides is 2. The van der Waals surface area contributed by atoms with E-state index in [1.54, 1.807) is 45.0 Å². The average Bonchev–Trinajstić information content (AvgIpc) is 2.65. The number of non-ortho nitro benzene ring substituents is 1. The number of hydrogen-bond donors (Lipinski definition) is 2. The smallest absolute Gasteiger partial charge is 0.407 e. The van der Waals surface area contributed by atoms with Crippen LogP contribution in [0, 0.1) is 10.1 Å². The minimum Gasteiger partial charge on any atom is -0.492 e. The lowest BCUT2D eigenvalue weighted by molar-refractivity contribution is -0.384. The van der Waals surface area contributed by atoms with Crippen molar-refractivity contribution in [3.63, 3.8) is 0 Å². The topological polar surface area (TPSA) is 120 Å².